The second kappa shape index (κ2) is 3.74. The molecule has 16 heavy (non-hydrogen) atoms. The Labute approximate surface area is 94.5 Å². The number of oxazole rings is 1. The van der Waals surface area contributed by atoms with Crippen LogP contribution in [-0.2, 0) is 6.42 Å². The Bertz CT molecular complexity index is 486. The predicted molar refractivity (Wildman–Crippen MR) is 61.1 cm³/mol. The lowest BCUT2D eigenvalue weighted by Gasteiger charge is -1.92. The fourth-order valence-corrected chi connectivity index (χ4v) is 1.89. The van der Waals surface area contributed by atoms with Gasteiger partial charge in [-0.3, -0.25) is 4.98 Å². The predicted octanol–water partition coefficient (Wildman–Crippen LogP) is 3.18. The monoisotopic (exact) mass is 214 g/mol. The van der Waals surface area contributed by atoms with Crippen LogP contribution in [0.25, 0.3) is 11.6 Å². The van der Waals surface area contributed by atoms with Crippen LogP contribution in [0, 0.1) is 0 Å². The first kappa shape index (κ1) is 9.58. The molecule has 1 aliphatic rings. The lowest BCUT2D eigenvalue weighted by atomic mass is 10.2. The fraction of sp³-hybridized carbons (Fsp3) is 0.385. The SMILES string of the molecule is CCc1oc(-c2ccccn2)nc1C1CC1. The van der Waals surface area contributed by atoms with Crippen molar-refractivity contribution in [3.05, 3.63) is 35.9 Å². The van der Waals surface area contributed by atoms with Crippen LogP contribution in [0.15, 0.2) is 28.8 Å². The van der Waals surface area contributed by atoms with E-state index in [1.54, 1.807) is 6.20 Å². The number of hydrogen-bond acceptors (Lipinski definition) is 3. The highest BCUT2D eigenvalue weighted by Crippen LogP contribution is 2.42. The van der Waals surface area contributed by atoms with Gasteiger partial charge in [0.05, 0.1) is 5.69 Å². The number of aryl methyl sites for hydroxylation is 1. The summed E-state index contributed by atoms with van der Waals surface area (Å²) in [4.78, 5) is 8.85. The first-order chi connectivity index (χ1) is 7.88. The van der Waals surface area contributed by atoms with Crippen molar-refractivity contribution >= 4 is 0 Å². The quantitative estimate of drug-likeness (QED) is 0.787. The summed E-state index contributed by atoms with van der Waals surface area (Å²) in [7, 11) is 0. The van der Waals surface area contributed by atoms with Crippen molar-refractivity contribution in [1.29, 1.82) is 0 Å². The van der Waals surface area contributed by atoms with E-state index in [1.165, 1.54) is 12.8 Å². The van der Waals surface area contributed by atoms with Crippen LogP contribution in [-0.4, -0.2) is 9.97 Å². The molecule has 2 aromatic heterocycles. The first-order valence-electron chi connectivity index (χ1n) is 5.79. The summed E-state index contributed by atoms with van der Waals surface area (Å²) in [6.45, 7) is 2.11. The van der Waals surface area contributed by atoms with Gasteiger partial charge < -0.3 is 4.42 Å². The van der Waals surface area contributed by atoms with Gasteiger partial charge in [0.15, 0.2) is 0 Å². The summed E-state index contributed by atoms with van der Waals surface area (Å²) in [5, 5.41) is 0. The van der Waals surface area contributed by atoms with Gasteiger partial charge in [0.2, 0.25) is 5.89 Å². The molecule has 1 fully saturated rings. The molecule has 3 heteroatoms. The van der Waals surface area contributed by atoms with Gasteiger partial charge >= 0.3 is 0 Å². The minimum atomic E-state index is 0.635. The van der Waals surface area contributed by atoms with Crippen molar-refractivity contribution in [1.82, 2.24) is 9.97 Å². The molecule has 2 heterocycles. The van der Waals surface area contributed by atoms with E-state index in [2.05, 4.69) is 16.9 Å². The Morgan fingerprint density at radius 2 is 2.25 bits per heavy atom. The van der Waals surface area contributed by atoms with Gasteiger partial charge in [-0.1, -0.05) is 13.0 Å². The minimum Gasteiger partial charge on any atom is -0.440 e. The van der Waals surface area contributed by atoms with Crippen LogP contribution >= 0.6 is 0 Å². The summed E-state index contributed by atoms with van der Waals surface area (Å²) in [5.41, 5.74) is 1.98. The van der Waals surface area contributed by atoms with Crippen LogP contribution in [0.1, 0.15) is 37.1 Å². The van der Waals surface area contributed by atoms with Gasteiger partial charge in [-0.25, -0.2) is 4.98 Å². The highest BCUT2D eigenvalue weighted by molar-refractivity contribution is 5.47. The maximum Gasteiger partial charge on any atom is 0.245 e. The number of hydrogen-bond donors (Lipinski definition) is 0. The molecule has 0 radical (unpaired) electrons. The van der Waals surface area contributed by atoms with Gasteiger partial charge in [0.25, 0.3) is 0 Å². The Kier molecular flexibility index (Phi) is 2.24. The lowest BCUT2D eigenvalue weighted by Crippen LogP contribution is -1.86. The molecule has 3 rings (SSSR count). The van der Waals surface area contributed by atoms with Crippen molar-refractivity contribution in [2.75, 3.05) is 0 Å². The van der Waals surface area contributed by atoms with Gasteiger partial charge in [-0.2, -0.15) is 0 Å². The summed E-state index contributed by atoms with van der Waals surface area (Å²) in [6.07, 6.45) is 5.18. The van der Waals surface area contributed by atoms with Crippen LogP contribution in [0.3, 0.4) is 0 Å². The molecule has 0 bridgehead atoms. The van der Waals surface area contributed by atoms with Crippen molar-refractivity contribution in [2.45, 2.75) is 32.1 Å². The van der Waals surface area contributed by atoms with Gasteiger partial charge in [0, 0.05) is 18.5 Å². The van der Waals surface area contributed by atoms with E-state index in [9.17, 15) is 0 Å². The highest BCUT2D eigenvalue weighted by Gasteiger charge is 2.30. The Morgan fingerprint density at radius 1 is 1.38 bits per heavy atom. The third kappa shape index (κ3) is 1.62. The molecule has 0 spiro atoms. The Balaban J connectivity index is 2.02. The zero-order valence-corrected chi connectivity index (χ0v) is 9.31. The number of rotatable bonds is 3. The Morgan fingerprint density at radius 3 is 2.88 bits per heavy atom. The normalized spacial score (nSPS) is 15.3. The van der Waals surface area contributed by atoms with Gasteiger partial charge in [-0.05, 0) is 25.0 Å². The number of nitrogens with zero attached hydrogens (tertiary/aromatic N) is 2. The molecule has 1 aliphatic carbocycles. The van der Waals surface area contributed by atoms with E-state index in [0.717, 1.165) is 23.6 Å². The highest BCUT2D eigenvalue weighted by atomic mass is 16.4. The summed E-state index contributed by atoms with van der Waals surface area (Å²) in [5.74, 6) is 2.33. The third-order valence-corrected chi connectivity index (χ3v) is 2.90. The van der Waals surface area contributed by atoms with Crippen LogP contribution in [0.5, 0.6) is 0 Å². The van der Waals surface area contributed by atoms with Crippen LogP contribution in [0.4, 0.5) is 0 Å². The zero-order chi connectivity index (χ0) is 11.0. The molecule has 0 aromatic carbocycles. The van der Waals surface area contributed by atoms with Crippen LogP contribution in [0.2, 0.25) is 0 Å². The minimum absolute atomic E-state index is 0.635. The third-order valence-electron chi connectivity index (χ3n) is 2.90. The van der Waals surface area contributed by atoms with E-state index in [-0.39, 0.29) is 0 Å². The van der Waals surface area contributed by atoms with E-state index < -0.39 is 0 Å². The van der Waals surface area contributed by atoms with E-state index >= 15 is 0 Å². The van der Waals surface area contributed by atoms with Crippen molar-refractivity contribution in [3.63, 3.8) is 0 Å². The lowest BCUT2D eigenvalue weighted by molar-refractivity contribution is 0.519. The molecule has 0 unspecified atom stereocenters. The van der Waals surface area contributed by atoms with E-state index in [1.807, 2.05) is 18.2 Å². The average molecular weight is 214 g/mol. The van der Waals surface area contributed by atoms with E-state index in [0.29, 0.717) is 11.8 Å². The molecular weight excluding hydrogens is 200 g/mol. The average Bonchev–Trinajstić information content (AvgIpc) is 3.10. The Hall–Kier alpha value is -1.64. The number of pyridine rings is 1. The molecular formula is C13H14N2O. The molecule has 82 valence electrons. The maximum absolute atomic E-state index is 5.78. The van der Waals surface area contributed by atoms with Gasteiger partial charge in [0.1, 0.15) is 11.5 Å². The summed E-state index contributed by atoms with van der Waals surface area (Å²) in [6, 6.07) is 5.78. The fourth-order valence-electron chi connectivity index (χ4n) is 1.89. The van der Waals surface area contributed by atoms with E-state index in [4.69, 9.17) is 4.42 Å². The summed E-state index contributed by atoms with van der Waals surface area (Å²) >= 11 is 0. The second-order valence-electron chi connectivity index (χ2n) is 4.17. The molecule has 0 atom stereocenters. The standard InChI is InChI=1S/C13H14N2O/c1-2-11-12(9-6-7-9)15-13(16-11)10-5-3-4-8-14-10/h3-5,8-9H,2,6-7H2,1H3. The molecule has 2 aromatic rings. The molecule has 0 saturated heterocycles. The van der Waals surface area contributed by atoms with Crippen LogP contribution < -0.4 is 0 Å². The molecule has 0 aliphatic heterocycles. The first-order valence-corrected chi connectivity index (χ1v) is 5.79. The van der Waals surface area contributed by atoms with Crippen molar-refractivity contribution in [3.8, 4) is 11.6 Å². The van der Waals surface area contributed by atoms with Crippen molar-refractivity contribution in [2.24, 2.45) is 0 Å². The van der Waals surface area contributed by atoms with Gasteiger partial charge in [-0.15, -0.1) is 0 Å². The molecule has 1 saturated carbocycles. The zero-order valence-electron chi connectivity index (χ0n) is 9.31. The summed E-state index contributed by atoms with van der Waals surface area (Å²) < 4.78 is 5.78. The molecule has 3 nitrogen and oxygen atoms in total. The largest absolute Gasteiger partial charge is 0.440 e. The smallest absolute Gasteiger partial charge is 0.245 e. The molecule has 0 N–H and O–H groups in total. The maximum atomic E-state index is 5.78. The second-order valence-corrected chi connectivity index (χ2v) is 4.17. The topological polar surface area (TPSA) is 38.9 Å². The number of aromatic nitrogens is 2. The molecule has 0 amide bonds. The van der Waals surface area contributed by atoms with Crippen molar-refractivity contribution < 1.29 is 4.42 Å².